The molecule has 0 aliphatic carbocycles. The van der Waals surface area contributed by atoms with Gasteiger partial charge in [0.2, 0.25) is 0 Å². The van der Waals surface area contributed by atoms with Gasteiger partial charge in [-0.2, -0.15) is 0 Å². The molecule has 1 aliphatic rings. The van der Waals surface area contributed by atoms with Crippen molar-refractivity contribution in [2.24, 2.45) is 4.99 Å². The van der Waals surface area contributed by atoms with E-state index in [1.54, 1.807) is 12.1 Å². The number of rotatable bonds is 11. The number of halogens is 1. The molecule has 0 saturated carbocycles. The molecule has 1 saturated heterocycles. The maximum absolute atomic E-state index is 10.7. The Morgan fingerprint density at radius 1 is 1.26 bits per heavy atom. The lowest BCUT2D eigenvalue weighted by atomic mass is 10.1. The molecule has 0 spiro atoms. The number of guanidine groups is 1. The van der Waals surface area contributed by atoms with Crippen LogP contribution in [0, 0.1) is 10.1 Å². The summed E-state index contributed by atoms with van der Waals surface area (Å²) in [6.07, 6.45) is 2.80. The molecule has 3 N–H and O–H groups in total. The molecule has 10 heteroatoms. The van der Waals surface area contributed by atoms with Crippen LogP contribution >= 0.6 is 24.0 Å². The summed E-state index contributed by atoms with van der Waals surface area (Å²) < 4.78 is 5.35. The molecule has 0 radical (unpaired) electrons. The first kappa shape index (κ1) is 27.5. The van der Waals surface area contributed by atoms with Gasteiger partial charge in [-0.15, -0.1) is 24.0 Å². The Balaban J connectivity index is 0.00000480. The van der Waals surface area contributed by atoms with E-state index in [1.807, 2.05) is 26.0 Å². The van der Waals surface area contributed by atoms with E-state index in [0.717, 1.165) is 51.0 Å². The molecule has 1 aromatic carbocycles. The summed E-state index contributed by atoms with van der Waals surface area (Å²) in [5.41, 5.74) is 0.326. The summed E-state index contributed by atoms with van der Waals surface area (Å²) >= 11 is 0. The summed E-state index contributed by atoms with van der Waals surface area (Å²) in [4.78, 5) is 17.1. The van der Waals surface area contributed by atoms with Crippen molar-refractivity contribution in [1.29, 1.82) is 0 Å². The molecule has 0 aromatic heterocycles. The highest BCUT2D eigenvalue weighted by atomic mass is 127. The van der Waals surface area contributed by atoms with Gasteiger partial charge < -0.3 is 20.5 Å². The zero-order valence-corrected chi connectivity index (χ0v) is 20.8. The number of nitro groups is 1. The monoisotopic (exact) mass is 549 g/mol. The number of ether oxygens (including phenoxy) is 1. The van der Waals surface area contributed by atoms with Gasteiger partial charge in [0.1, 0.15) is 0 Å². The van der Waals surface area contributed by atoms with Gasteiger partial charge in [0.25, 0.3) is 5.69 Å². The third-order valence-corrected chi connectivity index (χ3v) is 4.92. The smallest absolute Gasteiger partial charge is 0.269 e. The Morgan fingerprint density at radius 3 is 2.55 bits per heavy atom. The van der Waals surface area contributed by atoms with Crippen LogP contribution in [0.5, 0.6) is 0 Å². The van der Waals surface area contributed by atoms with Gasteiger partial charge >= 0.3 is 0 Å². The zero-order valence-electron chi connectivity index (χ0n) is 18.5. The summed E-state index contributed by atoms with van der Waals surface area (Å²) in [6.45, 7) is 9.35. The predicted molar refractivity (Wildman–Crippen MR) is 133 cm³/mol. The van der Waals surface area contributed by atoms with Crippen LogP contribution in [0.15, 0.2) is 29.3 Å². The Kier molecular flexibility index (Phi) is 12.9. The van der Waals surface area contributed by atoms with E-state index >= 15 is 0 Å². The number of aliphatic imine (C=N–C) groups is 1. The molecule has 1 fully saturated rings. The first-order valence-corrected chi connectivity index (χ1v) is 10.7. The number of hydrogen-bond donors (Lipinski definition) is 3. The molecule has 1 unspecified atom stereocenters. The van der Waals surface area contributed by atoms with E-state index in [1.165, 1.54) is 0 Å². The number of nitrogens with zero attached hydrogens (tertiary/aromatic N) is 3. The van der Waals surface area contributed by atoms with Crippen molar-refractivity contribution >= 4 is 35.6 Å². The number of nitro benzene ring substituents is 1. The van der Waals surface area contributed by atoms with Crippen molar-refractivity contribution in [2.45, 2.75) is 38.7 Å². The number of hydrogen-bond acceptors (Lipinski definition) is 6. The van der Waals surface area contributed by atoms with Crippen molar-refractivity contribution in [2.75, 3.05) is 52.5 Å². The molecular formula is C21H36IN5O4. The van der Waals surface area contributed by atoms with Crippen LogP contribution in [0.2, 0.25) is 0 Å². The van der Waals surface area contributed by atoms with Crippen LogP contribution in [0.3, 0.4) is 0 Å². The second-order valence-corrected chi connectivity index (χ2v) is 7.89. The normalized spacial score (nSPS) is 16.8. The Morgan fingerprint density at radius 2 is 1.94 bits per heavy atom. The Hall–Kier alpha value is -1.50. The first-order chi connectivity index (χ1) is 14.4. The second-order valence-electron chi connectivity index (χ2n) is 7.89. The molecule has 9 nitrogen and oxygen atoms in total. The van der Waals surface area contributed by atoms with Crippen molar-refractivity contribution in [3.05, 3.63) is 39.9 Å². The number of aryl methyl sites for hydroxylation is 1. The fourth-order valence-electron chi connectivity index (χ4n) is 3.33. The summed E-state index contributed by atoms with van der Waals surface area (Å²) in [7, 11) is 0. The Bertz CT molecular complexity index is 679. The maximum atomic E-state index is 10.7. The number of nitrogens with one attached hydrogen (secondary N) is 2. The zero-order chi connectivity index (χ0) is 21.8. The van der Waals surface area contributed by atoms with Crippen LogP contribution in [-0.2, 0) is 11.2 Å². The van der Waals surface area contributed by atoms with Crippen LogP contribution in [0.1, 0.15) is 32.3 Å². The minimum absolute atomic E-state index is 0. The number of morpholine rings is 1. The molecule has 1 aromatic rings. The van der Waals surface area contributed by atoms with Crippen molar-refractivity contribution in [3.63, 3.8) is 0 Å². The van der Waals surface area contributed by atoms with E-state index in [2.05, 4.69) is 20.5 Å². The molecule has 0 bridgehead atoms. The van der Waals surface area contributed by atoms with Gasteiger partial charge in [-0.05, 0) is 38.7 Å². The third kappa shape index (κ3) is 11.1. The minimum Gasteiger partial charge on any atom is -0.387 e. The van der Waals surface area contributed by atoms with Gasteiger partial charge in [0.05, 0.1) is 30.3 Å². The second kappa shape index (κ2) is 14.5. The van der Waals surface area contributed by atoms with E-state index in [0.29, 0.717) is 32.3 Å². The van der Waals surface area contributed by atoms with Crippen LogP contribution in [0.25, 0.3) is 0 Å². The van der Waals surface area contributed by atoms with E-state index in [9.17, 15) is 15.2 Å². The van der Waals surface area contributed by atoms with Crippen LogP contribution in [-0.4, -0.2) is 79.0 Å². The average Bonchev–Trinajstić information content (AvgIpc) is 2.72. The number of aliphatic hydroxyl groups is 1. The van der Waals surface area contributed by atoms with Gasteiger partial charge in [-0.1, -0.05) is 12.1 Å². The molecule has 0 amide bonds. The lowest BCUT2D eigenvalue weighted by molar-refractivity contribution is -0.384. The number of β-amino-alcohol motifs (C(OH)–C–C–N with tert-alkyl or cyclic N) is 1. The molecule has 1 atom stereocenters. The van der Waals surface area contributed by atoms with Crippen LogP contribution < -0.4 is 10.6 Å². The minimum atomic E-state index is -0.893. The SMILES string of the molecule is CCNC(=NCC(C)(O)CN1CCOCC1)NCCCCc1ccc([N+](=O)[O-])cc1.I. The molecular weight excluding hydrogens is 513 g/mol. The number of non-ortho nitro benzene ring substituents is 1. The van der Waals surface area contributed by atoms with E-state index in [-0.39, 0.29) is 34.6 Å². The standard InChI is InChI=1S/C21H35N5O4.HI/c1-3-22-20(24-16-21(2,27)17-25-12-14-30-15-13-25)23-11-5-4-6-18-7-9-19(10-8-18)26(28)29;/h7-10,27H,3-6,11-17H2,1-2H3,(H2,22,23,24);1H. The highest BCUT2D eigenvalue weighted by Gasteiger charge is 2.25. The average molecular weight is 549 g/mol. The lowest BCUT2D eigenvalue weighted by Gasteiger charge is -2.33. The van der Waals surface area contributed by atoms with E-state index in [4.69, 9.17) is 4.74 Å². The number of unbranched alkanes of at least 4 members (excludes halogenated alkanes) is 1. The fraction of sp³-hybridized carbons (Fsp3) is 0.667. The molecule has 1 aliphatic heterocycles. The van der Waals surface area contributed by atoms with Gasteiger partial charge in [0, 0.05) is 44.9 Å². The number of benzene rings is 1. The molecule has 2 rings (SSSR count). The summed E-state index contributed by atoms with van der Waals surface area (Å²) in [6, 6.07) is 6.72. The van der Waals surface area contributed by atoms with Crippen molar-refractivity contribution < 1.29 is 14.8 Å². The lowest BCUT2D eigenvalue weighted by Crippen LogP contribution is -2.48. The van der Waals surface area contributed by atoms with Crippen molar-refractivity contribution in [1.82, 2.24) is 15.5 Å². The third-order valence-electron chi connectivity index (χ3n) is 4.92. The molecule has 1 heterocycles. The maximum Gasteiger partial charge on any atom is 0.269 e. The van der Waals surface area contributed by atoms with Crippen LogP contribution in [0.4, 0.5) is 5.69 Å². The van der Waals surface area contributed by atoms with Crippen molar-refractivity contribution in [3.8, 4) is 0 Å². The highest BCUT2D eigenvalue weighted by Crippen LogP contribution is 2.13. The molecule has 176 valence electrons. The first-order valence-electron chi connectivity index (χ1n) is 10.7. The van der Waals surface area contributed by atoms with Gasteiger partial charge in [-0.25, -0.2) is 0 Å². The van der Waals surface area contributed by atoms with Gasteiger partial charge in [0.15, 0.2) is 5.96 Å². The Labute approximate surface area is 201 Å². The quantitative estimate of drug-likeness (QED) is 0.0969. The predicted octanol–water partition coefficient (Wildman–Crippen LogP) is 2.17. The molecule has 31 heavy (non-hydrogen) atoms. The summed E-state index contributed by atoms with van der Waals surface area (Å²) in [5, 5.41) is 27.9. The summed E-state index contributed by atoms with van der Waals surface area (Å²) in [5.74, 6) is 0.704. The largest absolute Gasteiger partial charge is 0.387 e. The van der Waals surface area contributed by atoms with E-state index < -0.39 is 5.60 Å². The fourth-order valence-corrected chi connectivity index (χ4v) is 3.33. The highest BCUT2D eigenvalue weighted by molar-refractivity contribution is 14.0. The topological polar surface area (TPSA) is 112 Å². The van der Waals surface area contributed by atoms with Gasteiger partial charge in [-0.3, -0.25) is 20.0 Å².